The summed E-state index contributed by atoms with van der Waals surface area (Å²) >= 11 is 0. The molecule has 0 N–H and O–H groups in total. The normalized spacial score (nSPS) is 18.6. The molecule has 5 rings (SSSR count). The highest BCUT2D eigenvalue weighted by Gasteiger charge is 2.44. The number of ether oxygens (including phenoxy) is 1. The van der Waals surface area contributed by atoms with E-state index in [1.54, 1.807) is 0 Å². The van der Waals surface area contributed by atoms with Gasteiger partial charge >= 0.3 is 6.01 Å². The lowest BCUT2D eigenvalue weighted by atomic mass is 9.84. The van der Waals surface area contributed by atoms with E-state index >= 15 is 0 Å². The van der Waals surface area contributed by atoms with Crippen LogP contribution in [0.5, 0.6) is 0 Å². The van der Waals surface area contributed by atoms with Gasteiger partial charge in [0.05, 0.1) is 18.0 Å². The number of hydrogen-bond donors (Lipinski definition) is 0. The summed E-state index contributed by atoms with van der Waals surface area (Å²) in [5.41, 5.74) is 3.15. The molecule has 2 aliphatic rings. The van der Waals surface area contributed by atoms with Gasteiger partial charge < -0.3 is 14.2 Å². The molecule has 1 aromatic carbocycles. The Morgan fingerprint density at radius 3 is 2.61 bits per heavy atom. The smallest absolute Gasteiger partial charge is 0.324 e. The molecule has 0 bridgehead atoms. The van der Waals surface area contributed by atoms with Gasteiger partial charge in [-0.05, 0) is 37.0 Å². The monoisotopic (exact) mass is 379 g/mol. The second kappa shape index (κ2) is 6.74. The van der Waals surface area contributed by atoms with E-state index < -0.39 is 0 Å². The third kappa shape index (κ3) is 2.90. The molecule has 7 heteroatoms. The van der Waals surface area contributed by atoms with E-state index in [-0.39, 0.29) is 11.5 Å². The van der Waals surface area contributed by atoms with Gasteiger partial charge in [0.15, 0.2) is 5.82 Å². The van der Waals surface area contributed by atoms with Crippen molar-refractivity contribution in [1.82, 2.24) is 19.9 Å². The molecular weight excluding hydrogens is 354 g/mol. The van der Waals surface area contributed by atoms with E-state index in [1.165, 1.54) is 5.56 Å². The van der Waals surface area contributed by atoms with Gasteiger partial charge in [0.25, 0.3) is 0 Å². The minimum absolute atomic E-state index is 0.264. The summed E-state index contributed by atoms with van der Waals surface area (Å²) in [7, 11) is 0. The zero-order valence-electron chi connectivity index (χ0n) is 16.3. The van der Waals surface area contributed by atoms with Crippen LogP contribution < -0.4 is 4.90 Å². The molecule has 7 nitrogen and oxygen atoms in total. The van der Waals surface area contributed by atoms with Gasteiger partial charge in [-0.25, -0.2) is 4.68 Å². The Balaban J connectivity index is 1.38. The Morgan fingerprint density at radius 2 is 1.89 bits per heavy atom. The lowest BCUT2D eigenvalue weighted by Gasteiger charge is -2.42. The van der Waals surface area contributed by atoms with Crippen molar-refractivity contribution in [3.63, 3.8) is 0 Å². The molecule has 0 unspecified atom stereocenters. The van der Waals surface area contributed by atoms with E-state index in [0.29, 0.717) is 6.01 Å². The van der Waals surface area contributed by atoms with Crippen LogP contribution in [0, 0.1) is 0 Å². The second-order valence-electron chi connectivity index (χ2n) is 7.95. The molecule has 0 radical (unpaired) electrons. The summed E-state index contributed by atoms with van der Waals surface area (Å²) in [5, 5.41) is 9.04. The predicted molar refractivity (Wildman–Crippen MR) is 105 cm³/mol. The zero-order valence-corrected chi connectivity index (χ0v) is 16.3. The first-order valence-electron chi connectivity index (χ1n) is 10.0. The van der Waals surface area contributed by atoms with Gasteiger partial charge in [-0.15, -0.1) is 0 Å². The van der Waals surface area contributed by atoms with Crippen LogP contribution in [-0.2, 0) is 16.8 Å². The first-order chi connectivity index (χ1) is 13.6. The van der Waals surface area contributed by atoms with Crippen molar-refractivity contribution in [2.75, 3.05) is 24.6 Å². The SMILES string of the molecule is CC(C)c1noc(N2CCC3(CC2)OCCc2cn(-c4ccccc4)nc23)n1. The first-order valence-corrected chi connectivity index (χ1v) is 10.0. The van der Waals surface area contributed by atoms with Crippen molar-refractivity contribution < 1.29 is 9.26 Å². The fraction of sp³-hybridized carbons (Fsp3) is 0.476. The first kappa shape index (κ1) is 17.4. The maximum atomic E-state index is 6.34. The Hall–Kier alpha value is -2.67. The molecule has 2 aliphatic heterocycles. The Morgan fingerprint density at radius 1 is 1.11 bits per heavy atom. The van der Waals surface area contributed by atoms with E-state index in [0.717, 1.165) is 56.2 Å². The summed E-state index contributed by atoms with van der Waals surface area (Å²) in [4.78, 5) is 6.71. The topological polar surface area (TPSA) is 69.2 Å². The van der Waals surface area contributed by atoms with Gasteiger partial charge in [0, 0.05) is 25.2 Å². The number of piperidine rings is 1. The maximum Gasteiger partial charge on any atom is 0.324 e. The van der Waals surface area contributed by atoms with Gasteiger partial charge in [-0.1, -0.05) is 37.2 Å². The Bertz CT molecular complexity index is 954. The largest absolute Gasteiger partial charge is 0.368 e. The lowest BCUT2D eigenvalue weighted by Crippen LogP contribution is -2.47. The van der Waals surface area contributed by atoms with E-state index in [4.69, 9.17) is 14.4 Å². The van der Waals surface area contributed by atoms with Crippen LogP contribution >= 0.6 is 0 Å². The highest BCUT2D eigenvalue weighted by Crippen LogP contribution is 2.41. The van der Waals surface area contributed by atoms with Gasteiger partial charge in [-0.2, -0.15) is 10.1 Å². The molecule has 1 spiro atoms. The van der Waals surface area contributed by atoms with Crippen LogP contribution in [0.4, 0.5) is 6.01 Å². The van der Waals surface area contributed by atoms with Crippen LogP contribution in [0.3, 0.4) is 0 Å². The molecular formula is C21H25N5O2. The van der Waals surface area contributed by atoms with Crippen molar-refractivity contribution in [1.29, 1.82) is 0 Å². The summed E-state index contributed by atoms with van der Waals surface area (Å²) < 4.78 is 13.8. The lowest BCUT2D eigenvalue weighted by molar-refractivity contribution is -0.0801. The van der Waals surface area contributed by atoms with E-state index in [1.807, 2.05) is 22.9 Å². The van der Waals surface area contributed by atoms with E-state index in [9.17, 15) is 0 Å². The molecule has 0 saturated carbocycles. The standard InChI is InChI=1S/C21H25N5O2/c1-15(2)19-22-20(28-24-19)25-11-9-21(10-12-25)18-16(8-13-27-21)14-26(23-18)17-6-4-3-5-7-17/h3-7,14-15H,8-13H2,1-2H3. The maximum absolute atomic E-state index is 6.34. The third-order valence-corrected chi connectivity index (χ3v) is 5.78. The minimum atomic E-state index is -0.314. The van der Waals surface area contributed by atoms with Crippen LogP contribution in [0.25, 0.3) is 5.69 Å². The summed E-state index contributed by atoms with van der Waals surface area (Å²) in [5.74, 6) is 1.02. The van der Waals surface area contributed by atoms with Crippen molar-refractivity contribution in [2.24, 2.45) is 0 Å². The fourth-order valence-electron chi connectivity index (χ4n) is 4.14. The van der Waals surface area contributed by atoms with Crippen molar-refractivity contribution in [3.05, 3.63) is 53.6 Å². The molecule has 3 aromatic rings. The number of hydrogen-bond acceptors (Lipinski definition) is 6. The van der Waals surface area contributed by atoms with Crippen LogP contribution in [0.1, 0.15) is 49.7 Å². The fourth-order valence-corrected chi connectivity index (χ4v) is 4.14. The molecule has 1 fully saturated rings. The second-order valence-corrected chi connectivity index (χ2v) is 7.95. The molecule has 2 aromatic heterocycles. The van der Waals surface area contributed by atoms with E-state index in [2.05, 4.69) is 47.2 Å². The van der Waals surface area contributed by atoms with Crippen molar-refractivity contribution in [3.8, 4) is 5.69 Å². The molecule has 28 heavy (non-hydrogen) atoms. The molecule has 0 atom stereocenters. The zero-order chi connectivity index (χ0) is 19.1. The van der Waals surface area contributed by atoms with Crippen molar-refractivity contribution >= 4 is 6.01 Å². The summed E-state index contributed by atoms with van der Waals surface area (Å²) in [6.45, 7) is 6.51. The number of nitrogens with zero attached hydrogens (tertiary/aromatic N) is 5. The summed E-state index contributed by atoms with van der Waals surface area (Å²) in [6, 6.07) is 10.9. The number of rotatable bonds is 3. The highest BCUT2D eigenvalue weighted by atomic mass is 16.5. The average Bonchev–Trinajstić information content (AvgIpc) is 3.38. The molecule has 1 saturated heterocycles. The average molecular weight is 379 g/mol. The molecule has 0 aliphatic carbocycles. The Labute approximate surface area is 164 Å². The van der Waals surface area contributed by atoms with Gasteiger partial charge in [0.2, 0.25) is 0 Å². The molecule has 0 amide bonds. The van der Waals surface area contributed by atoms with Crippen LogP contribution in [-0.4, -0.2) is 39.6 Å². The number of aromatic nitrogens is 4. The quantitative estimate of drug-likeness (QED) is 0.694. The van der Waals surface area contributed by atoms with Crippen molar-refractivity contribution in [2.45, 2.75) is 44.6 Å². The number of fused-ring (bicyclic) bond motifs is 2. The number of benzene rings is 1. The third-order valence-electron chi connectivity index (χ3n) is 5.78. The van der Waals surface area contributed by atoms with Crippen LogP contribution in [0.2, 0.25) is 0 Å². The number of anilines is 1. The van der Waals surface area contributed by atoms with Gasteiger partial charge in [-0.3, -0.25) is 0 Å². The number of para-hydroxylation sites is 1. The highest BCUT2D eigenvalue weighted by molar-refractivity contribution is 5.37. The Kier molecular flexibility index (Phi) is 4.19. The predicted octanol–water partition coefficient (Wildman–Crippen LogP) is 3.45. The minimum Gasteiger partial charge on any atom is -0.368 e. The molecule has 146 valence electrons. The van der Waals surface area contributed by atoms with Crippen LogP contribution in [0.15, 0.2) is 41.1 Å². The molecule has 4 heterocycles. The summed E-state index contributed by atoms with van der Waals surface area (Å²) in [6.07, 6.45) is 4.81. The van der Waals surface area contributed by atoms with Gasteiger partial charge in [0.1, 0.15) is 5.60 Å².